The number of benzene rings is 1. The SMILES string of the molecule is CCNC(=O)NC(=O)[C@H](C)OC(=O)c1cn(-c2ccccc2C(F)(F)F)nn1. The lowest BCUT2D eigenvalue weighted by molar-refractivity contribution is -0.137. The van der Waals surface area contributed by atoms with Crippen molar-refractivity contribution in [2.24, 2.45) is 0 Å². The maximum atomic E-state index is 13.1. The molecule has 0 saturated heterocycles. The molecule has 0 unspecified atom stereocenters. The molecule has 0 aliphatic rings. The summed E-state index contributed by atoms with van der Waals surface area (Å²) in [6, 6.07) is 3.86. The van der Waals surface area contributed by atoms with Gasteiger partial charge in [-0.2, -0.15) is 13.2 Å². The van der Waals surface area contributed by atoms with Crippen molar-refractivity contribution in [2.75, 3.05) is 6.54 Å². The van der Waals surface area contributed by atoms with Gasteiger partial charge in [0.1, 0.15) is 0 Å². The number of esters is 1. The minimum absolute atomic E-state index is 0.287. The van der Waals surface area contributed by atoms with Gasteiger partial charge in [-0.25, -0.2) is 14.3 Å². The highest BCUT2D eigenvalue weighted by Crippen LogP contribution is 2.33. The molecule has 1 atom stereocenters. The Kier molecular flexibility index (Phi) is 6.33. The average Bonchev–Trinajstić information content (AvgIpc) is 3.11. The van der Waals surface area contributed by atoms with Crippen LogP contribution in [0, 0.1) is 0 Å². The number of urea groups is 1. The Bertz CT molecular complexity index is 881. The molecule has 9 nitrogen and oxygen atoms in total. The summed E-state index contributed by atoms with van der Waals surface area (Å²) in [6.45, 7) is 3.15. The molecule has 150 valence electrons. The van der Waals surface area contributed by atoms with Crippen LogP contribution in [0.4, 0.5) is 18.0 Å². The molecule has 0 radical (unpaired) electrons. The molecule has 2 aromatic rings. The van der Waals surface area contributed by atoms with E-state index < -0.39 is 41.4 Å². The molecule has 1 aromatic heterocycles. The summed E-state index contributed by atoms with van der Waals surface area (Å²) in [7, 11) is 0. The van der Waals surface area contributed by atoms with Crippen molar-refractivity contribution >= 4 is 17.9 Å². The number of nitrogens with zero attached hydrogens (tertiary/aromatic N) is 3. The van der Waals surface area contributed by atoms with Crippen LogP contribution < -0.4 is 10.6 Å². The normalized spacial score (nSPS) is 12.2. The Morgan fingerprint density at radius 3 is 2.57 bits per heavy atom. The number of carbonyl (C=O) groups excluding carboxylic acids is 3. The number of para-hydroxylation sites is 1. The fourth-order valence-electron chi connectivity index (χ4n) is 2.08. The van der Waals surface area contributed by atoms with Crippen molar-refractivity contribution in [1.29, 1.82) is 0 Å². The van der Waals surface area contributed by atoms with Gasteiger partial charge in [-0.1, -0.05) is 17.3 Å². The summed E-state index contributed by atoms with van der Waals surface area (Å²) < 4.78 is 44.9. The second-order valence-corrected chi connectivity index (χ2v) is 5.46. The Morgan fingerprint density at radius 2 is 1.93 bits per heavy atom. The van der Waals surface area contributed by atoms with Gasteiger partial charge < -0.3 is 10.1 Å². The first-order chi connectivity index (χ1) is 13.1. The second-order valence-electron chi connectivity index (χ2n) is 5.46. The molecular weight excluding hydrogens is 383 g/mol. The van der Waals surface area contributed by atoms with Crippen LogP contribution >= 0.6 is 0 Å². The highest BCUT2D eigenvalue weighted by atomic mass is 19.4. The predicted octanol–water partition coefficient (Wildman–Crippen LogP) is 1.68. The van der Waals surface area contributed by atoms with Crippen molar-refractivity contribution in [3.8, 4) is 5.69 Å². The van der Waals surface area contributed by atoms with E-state index in [2.05, 4.69) is 15.6 Å². The number of hydrogen-bond acceptors (Lipinski definition) is 6. The van der Waals surface area contributed by atoms with Crippen LogP contribution in [-0.2, 0) is 15.7 Å². The van der Waals surface area contributed by atoms with Crippen LogP contribution in [0.15, 0.2) is 30.5 Å². The summed E-state index contributed by atoms with van der Waals surface area (Å²) in [4.78, 5) is 35.1. The molecule has 3 amide bonds. The minimum Gasteiger partial charge on any atom is -0.448 e. The number of rotatable bonds is 5. The van der Waals surface area contributed by atoms with E-state index >= 15 is 0 Å². The third-order valence-electron chi connectivity index (χ3n) is 3.39. The van der Waals surface area contributed by atoms with E-state index in [1.807, 2.05) is 5.32 Å². The lowest BCUT2D eigenvalue weighted by atomic mass is 10.1. The minimum atomic E-state index is -4.63. The van der Waals surface area contributed by atoms with Crippen LogP contribution in [-0.4, -0.2) is 45.6 Å². The number of hydrogen-bond donors (Lipinski definition) is 2. The van der Waals surface area contributed by atoms with E-state index in [0.29, 0.717) is 0 Å². The van der Waals surface area contributed by atoms with Crippen LogP contribution in [0.1, 0.15) is 29.9 Å². The number of imide groups is 1. The maximum Gasteiger partial charge on any atom is 0.418 e. The molecule has 2 N–H and O–H groups in total. The van der Waals surface area contributed by atoms with Crippen molar-refractivity contribution in [3.05, 3.63) is 41.7 Å². The number of alkyl halides is 3. The molecule has 28 heavy (non-hydrogen) atoms. The first-order valence-corrected chi connectivity index (χ1v) is 8.02. The molecular formula is C16H16F3N5O4. The molecule has 0 aliphatic heterocycles. The molecule has 0 spiro atoms. The third kappa shape index (κ3) is 5.05. The summed E-state index contributed by atoms with van der Waals surface area (Å²) >= 11 is 0. The van der Waals surface area contributed by atoms with E-state index in [9.17, 15) is 27.6 Å². The molecule has 0 saturated carbocycles. The largest absolute Gasteiger partial charge is 0.448 e. The molecule has 2 rings (SSSR count). The number of nitrogens with one attached hydrogen (secondary N) is 2. The number of amides is 3. The fourth-order valence-corrected chi connectivity index (χ4v) is 2.08. The van der Waals surface area contributed by atoms with Crippen LogP contribution in [0.3, 0.4) is 0 Å². The van der Waals surface area contributed by atoms with Crippen LogP contribution in [0.25, 0.3) is 5.69 Å². The number of ether oxygens (including phenoxy) is 1. The van der Waals surface area contributed by atoms with Gasteiger partial charge in [0.25, 0.3) is 5.91 Å². The van der Waals surface area contributed by atoms with E-state index in [1.165, 1.54) is 19.1 Å². The molecule has 1 aromatic carbocycles. The van der Waals surface area contributed by atoms with Gasteiger partial charge in [0, 0.05) is 6.54 Å². The zero-order valence-electron chi connectivity index (χ0n) is 14.8. The standard InChI is InChI=1S/C16H16F3N5O4/c1-3-20-15(27)21-13(25)9(2)28-14(26)11-8-24(23-22-11)12-7-5-4-6-10(12)16(17,18)19/h4-9H,3H2,1-2H3,(H2,20,21,25,27)/t9-/m0/s1. The number of carbonyl (C=O) groups is 3. The van der Waals surface area contributed by atoms with Crippen LogP contribution in [0.2, 0.25) is 0 Å². The molecule has 0 bridgehead atoms. The Morgan fingerprint density at radius 1 is 1.25 bits per heavy atom. The van der Waals surface area contributed by atoms with E-state index in [0.717, 1.165) is 23.0 Å². The summed E-state index contributed by atoms with van der Waals surface area (Å²) in [5.74, 6) is -1.97. The second kappa shape index (κ2) is 8.50. The zero-order valence-corrected chi connectivity index (χ0v) is 14.8. The lowest BCUT2D eigenvalue weighted by Crippen LogP contribution is -2.44. The zero-order chi connectivity index (χ0) is 20.9. The molecule has 0 aliphatic carbocycles. The average molecular weight is 399 g/mol. The van der Waals surface area contributed by atoms with Gasteiger partial charge in [-0.3, -0.25) is 10.1 Å². The van der Waals surface area contributed by atoms with Gasteiger partial charge in [0.15, 0.2) is 11.8 Å². The third-order valence-corrected chi connectivity index (χ3v) is 3.39. The van der Waals surface area contributed by atoms with E-state index in [1.54, 1.807) is 6.92 Å². The monoisotopic (exact) mass is 399 g/mol. The number of aromatic nitrogens is 3. The molecule has 12 heteroatoms. The van der Waals surface area contributed by atoms with Gasteiger partial charge >= 0.3 is 18.2 Å². The molecule has 0 fully saturated rings. The highest BCUT2D eigenvalue weighted by Gasteiger charge is 2.34. The summed E-state index contributed by atoms with van der Waals surface area (Å²) in [5, 5.41) is 11.3. The number of halogens is 3. The Balaban J connectivity index is 2.11. The quantitative estimate of drug-likeness (QED) is 0.740. The van der Waals surface area contributed by atoms with E-state index in [4.69, 9.17) is 4.74 Å². The maximum absolute atomic E-state index is 13.1. The van der Waals surface area contributed by atoms with Gasteiger partial charge in [-0.15, -0.1) is 5.10 Å². The van der Waals surface area contributed by atoms with E-state index in [-0.39, 0.29) is 12.2 Å². The smallest absolute Gasteiger partial charge is 0.418 e. The highest BCUT2D eigenvalue weighted by molar-refractivity contribution is 5.98. The van der Waals surface area contributed by atoms with Gasteiger partial charge in [-0.05, 0) is 26.0 Å². The first kappa shape index (κ1) is 20.9. The van der Waals surface area contributed by atoms with Crippen molar-refractivity contribution < 1.29 is 32.3 Å². The van der Waals surface area contributed by atoms with Crippen molar-refractivity contribution in [3.63, 3.8) is 0 Å². The topological polar surface area (TPSA) is 115 Å². The lowest BCUT2D eigenvalue weighted by Gasteiger charge is -2.12. The Labute approximate surface area is 156 Å². The van der Waals surface area contributed by atoms with Crippen LogP contribution in [0.5, 0.6) is 0 Å². The summed E-state index contributed by atoms with van der Waals surface area (Å²) in [5.41, 5.74) is -1.70. The summed E-state index contributed by atoms with van der Waals surface area (Å²) in [6.07, 6.45) is -5.03. The predicted molar refractivity (Wildman–Crippen MR) is 88.5 cm³/mol. The van der Waals surface area contributed by atoms with Crippen molar-refractivity contribution in [1.82, 2.24) is 25.6 Å². The van der Waals surface area contributed by atoms with Crippen molar-refractivity contribution in [2.45, 2.75) is 26.1 Å². The Hall–Kier alpha value is -3.44. The van der Waals surface area contributed by atoms with Gasteiger partial charge in [0.2, 0.25) is 0 Å². The molecule has 1 heterocycles. The van der Waals surface area contributed by atoms with Gasteiger partial charge in [0.05, 0.1) is 17.4 Å². The first-order valence-electron chi connectivity index (χ1n) is 8.02. The fraction of sp³-hybridized carbons (Fsp3) is 0.312.